The summed E-state index contributed by atoms with van der Waals surface area (Å²) in [6.45, 7) is 4.01. The van der Waals surface area contributed by atoms with Gasteiger partial charge in [0.15, 0.2) is 5.11 Å². The molecule has 0 saturated carbocycles. The molecular weight excluding hydrogens is 503 g/mol. The van der Waals surface area contributed by atoms with E-state index in [0.717, 1.165) is 34.6 Å². The van der Waals surface area contributed by atoms with Crippen LogP contribution in [-0.2, 0) is 11.2 Å². The van der Waals surface area contributed by atoms with Crippen LogP contribution in [0.5, 0.6) is 0 Å². The summed E-state index contributed by atoms with van der Waals surface area (Å²) in [7, 11) is 0. The van der Waals surface area contributed by atoms with Gasteiger partial charge < -0.3 is 9.73 Å². The highest BCUT2D eigenvalue weighted by Crippen LogP contribution is 2.29. The first-order valence-electron chi connectivity index (χ1n) is 10.7. The number of furan rings is 1. The fourth-order valence-electron chi connectivity index (χ4n) is 3.51. The zero-order chi connectivity index (χ0) is 24.9. The Bertz CT molecular complexity index is 1370. The summed E-state index contributed by atoms with van der Waals surface area (Å²) < 4.78 is 5.76. The number of H-pyrrole nitrogens is 1. The minimum Gasteiger partial charge on any atom is -0.457 e. The van der Waals surface area contributed by atoms with E-state index in [9.17, 15) is 4.79 Å². The van der Waals surface area contributed by atoms with Gasteiger partial charge in [0.25, 0.3) is 0 Å². The SMILES string of the molecule is Cc1n[nH]c(C)c1Cc1ccc(NC(=S)NC(=O)/C=C/c2ccc(-c3cc(Cl)cc(Cl)c3)o2)cc1. The monoisotopic (exact) mass is 524 g/mol. The maximum absolute atomic E-state index is 12.3. The number of halogens is 2. The molecule has 0 fully saturated rings. The van der Waals surface area contributed by atoms with E-state index in [0.29, 0.717) is 21.6 Å². The Labute approximate surface area is 218 Å². The lowest BCUT2D eigenvalue weighted by molar-refractivity contribution is -0.115. The van der Waals surface area contributed by atoms with Crippen molar-refractivity contribution in [1.29, 1.82) is 0 Å². The number of anilines is 1. The lowest BCUT2D eigenvalue weighted by Crippen LogP contribution is -2.32. The highest BCUT2D eigenvalue weighted by molar-refractivity contribution is 7.80. The molecule has 0 atom stereocenters. The minimum absolute atomic E-state index is 0.197. The molecule has 178 valence electrons. The Morgan fingerprint density at radius 3 is 2.46 bits per heavy atom. The highest BCUT2D eigenvalue weighted by atomic mass is 35.5. The van der Waals surface area contributed by atoms with Crippen molar-refractivity contribution in [3.63, 3.8) is 0 Å². The number of aryl methyl sites for hydroxylation is 2. The second-order valence-electron chi connectivity index (χ2n) is 7.92. The first-order chi connectivity index (χ1) is 16.8. The van der Waals surface area contributed by atoms with E-state index in [1.165, 1.54) is 11.6 Å². The van der Waals surface area contributed by atoms with Gasteiger partial charge in [-0.1, -0.05) is 35.3 Å². The number of nitrogens with zero attached hydrogens (tertiary/aromatic N) is 1. The molecule has 0 aliphatic heterocycles. The van der Waals surface area contributed by atoms with Crippen LogP contribution in [0.25, 0.3) is 17.4 Å². The number of rotatable bonds is 6. The Balaban J connectivity index is 1.30. The molecule has 9 heteroatoms. The van der Waals surface area contributed by atoms with Crippen LogP contribution in [0.3, 0.4) is 0 Å². The zero-order valence-electron chi connectivity index (χ0n) is 19.0. The molecule has 0 spiro atoms. The Kier molecular flexibility index (Phi) is 7.70. The number of carbonyl (C=O) groups is 1. The molecule has 3 N–H and O–H groups in total. The predicted octanol–water partition coefficient (Wildman–Crippen LogP) is 6.71. The predicted molar refractivity (Wildman–Crippen MR) is 145 cm³/mol. The smallest absolute Gasteiger partial charge is 0.250 e. The molecule has 1 amide bonds. The van der Waals surface area contributed by atoms with Crippen molar-refractivity contribution in [3.8, 4) is 11.3 Å². The third-order valence-corrected chi connectivity index (χ3v) is 5.92. The summed E-state index contributed by atoms with van der Waals surface area (Å²) in [5.41, 5.74) is 5.94. The van der Waals surface area contributed by atoms with Crippen LogP contribution in [0.2, 0.25) is 10.0 Å². The van der Waals surface area contributed by atoms with Crippen LogP contribution in [0, 0.1) is 13.8 Å². The number of hydrogen-bond donors (Lipinski definition) is 3. The van der Waals surface area contributed by atoms with Gasteiger partial charge in [0.1, 0.15) is 11.5 Å². The summed E-state index contributed by atoms with van der Waals surface area (Å²) in [6, 6.07) is 16.5. The minimum atomic E-state index is -0.381. The fourth-order valence-corrected chi connectivity index (χ4v) is 4.26. The Hall–Kier alpha value is -3.39. The number of amides is 1. The number of nitrogens with one attached hydrogen (secondary N) is 3. The van der Waals surface area contributed by atoms with Gasteiger partial charge in [0.05, 0.1) is 5.69 Å². The van der Waals surface area contributed by atoms with Crippen LogP contribution < -0.4 is 10.6 Å². The number of aromatic amines is 1. The molecule has 0 saturated heterocycles. The normalized spacial score (nSPS) is 11.1. The lowest BCUT2D eigenvalue weighted by atomic mass is 10.0. The van der Waals surface area contributed by atoms with Crippen LogP contribution in [0.1, 0.15) is 28.3 Å². The Morgan fingerprint density at radius 1 is 1.09 bits per heavy atom. The second-order valence-corrected chi connectivity index (χ2v) is 9.20. The quantitative estimate of drug-likeness (QED) is 0.193. The average Bonchev–Trinajstić information content (AvgIpc) is 3.40. The van der Waals surface area contributed by atoms with Crippen molar-refractivity contribution >= 4 is 58.2 Å². The molecule has 0 aliphatic carbocycles. The first kappa shape index (κ1) is 24.7. The van der Waals surface area contributed by atoms with Crippen molar-refractivity contribution in [3.05, 3.63) is 99.0 Å². The van der Waals surface area contributed by atoms with Crippen LogP contribution in [-0.4, -0.2) is 21.2 Å². The first-order valence-corrected chi connectivity index (χ1v) is 11.9. The maximum Gasteiger partial charge on any atom is 0.250 e. The van der Waals surface area contributed by atoms with Gasteiger partial charge in [-0.15, -0.1) is 0 Å². The number of thiocarbonyl (C=S) groups is 1. The van der Waals surface area contributed by atoms with E-state index in [-0.39, 0.29) is 11.0 Å². The maximum atomic E-state index is 12.3. The van der Waals surface area contributed by atoms with E-state index in [1.54, 1.807) is 36.4 Å². The topological polar surface area (TPSA) is 83.0 Å². The van der Waals surface area contributed by atoms with Gasteiger partial charge in [0, 0.05) is 45.1 Å². The van der Waals surface area contributed by atoms with Crippen molar-refractivity contribution < 1.29 is 9.21 Å². The molecule has 2 heterocycles. The van der Waals surface area contributed by atoms with Crippen LogP contribution >= 0.6 is 35.4 Å². The van der Waals surface area contributed by atoms with Gasteiger partial charge in [-0.05, 0) is 80.2 Å². The molecule has 0 aliphatic rings. The lowest BCUT2D eigenvalue weighted by Gasteiger charge is -2.09. The zero-order valence-corrected chi connectivity index (χ0v) is 21.3. The largest absolute Gasteiger partial charge is 0.457 e. The third kappa shape index (κ3) is 6.60. The van der Waals surface area contributed by atoms with Crippen molar-refractivity contribution in [1.82, 2.24) is 15.5 Å². The highest BCUT2D eigenvalue weighted by Gasteiger charge is 2.09. The van der Waals surface area contributed by atoms with Gasteiger partial charge in [-0.25, -0.2) is 0 Å². The van der Waals surface area contributed by atoms with E-state index in [1.807, 2.05) is 38.1 Å². The molecule has 6 nitrogen and oxygen atoms in total. The number of carbonyl (C=O) groups excluding carboxylic acids is 1. The molecule has 0 bridgehead atoms. The summed E-state index contributed by atoms with van der Waals surface area (Å²) in [4.78, 5) is 12.3. The number of aromatic nitrogens is 2. The summed E-state index contributed by atoms with van der Waals surface area (Å²) >= 11 is 17.4. The van der Waals surface area contributed by atoms with Crippen molar-refractivity contribution in [2.45, 2.75) is 20.3 Å². The summed E-state index contributed by atoms with van der Waals surface area (Å²) in [5, 5.41) is 14.1. The van der Waals surface area contributed by atoms with Crippen molar-refractivity contribution in [2.24, 2.45) is 0 Å². The molecule has 4 aromatic rings. The van der Waals surface area contributed by atoms with Crippen molar-refractivity contribution in [2.75, 3.05) is 5.32 Å². The van der Waals surface area contributed by atoms with E-state index in [4.69, 9.17) is 39.8 Å². The number of hydrogen-bond acceptors (Lipinski definition) is 4. The van der Waals surface area contributed by atoms with Gasteiger partial charge in [0.2, 0.25) is 5.91 Å². The van der Waals surface area contributed by atoms with Gasteiger partial charge >= 0.3 is 0 Å². The molecule has 35 heavy (non-hydrogen) atoms. The molecule has 0 unspecified atom stereocenters. The van der Waals surface area contributed by atoms with E-state index in [2.05, 4.69) is 20.8 Å². The van der Waals surface area contributed by atoms with Crippen LogP contribution in [0.15, 0.2) is 65.1 Å². The van der Waals surface area contributed by atoms with E-state index >= 15 is 0 Å². The van der Waals surface area contributed by atoms with Crippen LogP contribution in [0.4, 0.5) is 5.69 Å². The third-order valence-electron chi connectivity index (χ3n) is 5.28. The summed E-state index contributed by atoms with van der Waals surface area (Å²) in [5.74, 6) is 0.714. The molecular formula is C26H22Cl2N4O2S. The standard InChI is InChI=1S/C26H22Cl2N4O2S/c1-15-23(16(2)32-31-15)11-17-3-5-21(6-4-17)29-26(35)30-25(33)10-8-22-7-9-24(34-22)18-12-19(27)14-20(28)13-18/h3-10,12-14H,11H2,1-2H3,(H,31,32)(H2,29,30,33,35)/b10-8+. The molecule has 4 rings (SSSR count). The number of benzene rings is 2. The van der Waals surface area contributed by atoms with E-state index < -0.39 is 0 Å². The fraction of sp³-hybridized carbons (Fsp3) is 0.115. The van der Waals surface area contributed by atoms with Gasteiger partial charge in [-0.2, -0.15) is 5.10 Å². The molecule has 2 aromatic heterocycles. The molecule has 2 aromatic carbocycles. The van der Waals surface area contributed by atoms with Gasteiger partial charge in [-0.3, -0.25) is 15.2 Å². The molecule has 0 radical (unpaired) electrons. The average molecular weight is 525 g/mol. The Morgan fingerprint density at radius 2 is 1.80 bits per heavy atom. The summed E-state index contributed by atoms with van der Waals surface area (Å²) in [6.07, 6.45) is 3.70. The second kappa shape index (κ2) is 10.9.